The summed E-state index contributed by atoms with van der Waals surface area (Å²) < 4.78 is 13.3. The van der Waals surface area contributed by atoms with Gasteiger partial charge in [0.25, 0.3) is 0 Å². The third-order valence-electron chi connectivity index (χ3n) is 3.84. The molecule has 2 aromatic carbocycles. The zero-order valence-corrected chi connectivity index (χ0v) is 13.1. The number of hydrogen-bond donors (Lipinski definition) is 1. The fraction of sp³-hybridized carbons (Fsp3) is 0.368. The molecule has 2 aromatic rings. The molecule has 0 heterocycles. The van der Waals surface area contributed by atoms with Crippen molar-refractivity contribution >= 4 is 0 Å². The van der Waals surface area contributed by atoms with Crippen molar-refractivity contribution in [2.45, 2.75) is 39.7 Å². The van der Waals surface area contributed by atoms with Gasteiger partial charge in [-0.15, -0.1) is 0 Å². The minimum atomic E-state index is -0.177. The predicted molar refractivity (Wildman–Crippen MR) is 87.9 cm³/mol. The normalized spacial score (nSPS) is 12.4. The van der Waals surface area contributed by atoms with Gasteiger partial charge >= 0.3 is 0 Å². The van der Waals surface area contributed by atoms with Crippen LogP contribution in [0.3, 0.4) is 0 Å². The molecule has 0 aliphatic heterocycles. The summed E-state index contributed by atoms with van der Waals surface area (Å²) in [6.45, 7) is 7.36. The SMILES string of the molecule is CCCNC(CC)c1cccc(-c2ccc(F)cc2C)c1. The molecule has 0 radical (unpaired) electrons. The second-order valence-corrected chi connectivity index (χ2v) is 5.50. The topological polar surface area (TPSA) is 12.0 Å². The van der Waals surface area contributed by atoms with Gasteiger partial charge < -0.3 is 5.32 Å². The molecule has 1 unspecified atom stereocenters. The van der Waals surface area contributed by atoms with Gasteiger partial charge in [0.2, 0.25) is 0 Å². The van der Waals surface area contributed by atoms with Gasteiger partial charge in [0, 0.05) is 6.04 Å². The monoisotopic (exact) mass is 285 g/mol. The first kappa shape index (κ1) is 15.7. The van der Waals surface area contributed by atoms with Crippen LogP contribution in [-0.4, -0.2) is 6.54 Å². The van der Waals surface area contributed by atoms with Gasteiger partial charge in [-0.3, -0.25) is 0 Å². The fourth-order valence-corrected chi connectivity index (χ4v) is 2.69. The summed E-state index contributed by atoms with van der Waals surface area (Å²) in [5.74, 6) is -0.177. The van der Waals surface area contributed by atoms with Gasteiger partial charge in [-0.1, -0.05) is 38.1 Å². The van der Waals surface area contributed by atoms with Gasteiger partial charge in [0.1, 0.15) is 5.82 Å². The van der Waals surface area contributed by atoms with Crippen molar-refractivity contribution in [1.29, 1.82) is 0 Å². The van der Waals surface area contributed by atoms with Gasteiger partial charge in [0.15, 0.2) is 0 Å². The lowest BCUT2D eigenvalue weighted by Gasteiger charge is -2.18. The number of hydrogen-bond acceptors (Lipinski definition) is 1. The van der Waals surface area contributed by atoms with E-state index in [2.05, 4.69) is 43.4 Å². The predicted octanol–water partition coefficient (Wildman–Crippen LogP) is 5.25. The highest BCUT2D eigenvalue weighted by molar-refractivity contribution is 5.67. The molecular formula is C19H24FN. The zero-order valence-electron chi connectivity index (χ0n) is 13.1. The Bertz CT molecular complexity index is 592. The zero-order chi connectivity index (χ0) is 15.2. The van der Waals surface area contributed by atoms with E-state index in [-0.39, 0.29) is 5.82 Å². The molecule has 21 heavy (non-hydrogen) atoms. The van der Waals surface area contributed by atoms with E-state index >= 15 is 0 Å². The highest BCUT2D eigenvalue weighted by atomic mass is 19.1. The summed E-state index contributed by atoms with van der Waals surface area (Å²) in [5.41, 5.74) is 4.53. The quantitative estimate of drug-likeness (QED) is 0.764. The van der Waals surface area contributed by atoms with Crippen LogP contribution in [0.2, 0.25) is 0 Å². The van der Waals surface area contributed by atoms with Crippen LogP contribution >= 0.6 is 0 Å². The smallest absolute Gasteiger partial charge is 0.123 e. The van der Waals surface area contributed by atoms with Crippen molar-refractivity contribution in [3.8, 4) is 11.1 Å². The minimum Gasteiger partial charge on any atom is -0.310 e. The van der Waals surface area contributed by atoms with Crippen molar-refractivity contribution < 1.29 is 4.39 Å². The fourth-order valence-electron chi connectivity index (χ4n) is 2.69. The van der Waals surface area contributed by atoms with Crippen LogP contribution in [0.1, 0.15) is 43.9 Å². The maximum Gasteiger partial charge on any atom is 0.123 e. The lowest BCUT2D eigenvalue weighted by atomic mass is 9.95. The molecule has 1 nitrogen and oxygen atoms in total. The van der Waals surface area contributed by atoms with E-state index in [0.717, 1.165) is 36.1 Å². The van der Waals surface area contributed by atoms with Gasteiger partial charge in [-0.25, -0.2) is 4.39 Å². The highest BCUT2D eigenvalue weighted by Crippen LogP contribution is 2.27. The summed E-state index contributed by atoms with van der Waals surface area (Å²) in [6.07, 6.45) is 2.19. The lowest BCUT2D eigenvalue weighted by molar-refractivity contribution is 0.518. The van der Waals surface area contributed by atoms with E-state index < -0.39 is 0 Å². The van der Waals surface area contributed by atoms with Crippen LogP contribution in [0.25, 0.3) is 11.1 Å². The van der Waals surface area contributed by atoms with Crippen molar-refractivity contribution in [2.24, 2.45) is 0 Å². The van der Waals surface area contributed by atoms with Crippen LogP contribution in [0.5, 0.6) is 0 Å². The molecule has 0 bridgehead atoms. The largest absolute Gasteiger partial charge is 0.310 e. The Morgan fingerprint density at radius 2 is 1.90 bits per heavy atom. The molecule has 0 aromatic heterocycles. The molecule has 0 aliphatic rings. The van der Waals surface area contributed by atoms with Gasteiger partial charge in [0.05, 0.1) is 0 Å². The average molecular weight is 285 g/mol. The number of halogens is 1. The Labute approximate surface area is 127 Å². The Morgan fingerprint density at radius 3 is 2.57 bits per heavy atom. The van der Waals surface area contributed by atoms with E-state index in [9.17, 15) is 4.39 Å². The first-order valence-corrected chi connectivity index (χ1v) is 7.75. The standard InChI is InChI=1S/C19H24FN/c1-4-11-21-19(5-2)16-8-6-7-15(13-16)18-10-9-17(20)12-14(18)3/h6-10,12-13,19,21H,4-5,11H2,1-3H3. The summed E-state index contributed by atoms with van der Waals surface area (Å²) in [4.78, 5) is 0. The molecule has 0 fully saturated rings. The van der Waals surface area contributed by atoms with Crippen LogP contribution in [0, 0.1) is 12.7 Å². The third kappa shape index (κ3) is 3.92. The van der Waals surface area contributed by atoms with Gasteiger partial charge in [-0.05, 0) is 66.8 Å². The first-order chi connectivity index (χ1) is 10.2. The summed E-state index contributed by atoms with van der Waals surface area (Å²) in [7, 11) is 0. The molecule has 0 saturated carbocycles. The second-order valence-electron chi connectivity index (χ2n) is 5.50. The van der Waals surface area contributed by atoms with Crippen molar-refractivity contribution in [3.05, 3.63) is 59.4 Å². The lowest BCUT2D eigenvalue weighted by Crippen LogP contribution is -2.21. The average Bonchev–Trinajstić information content (AvgIpc) is 2.48. The summed E-state index contributed by atoms with van der Waals surface area (Å²) in [5, 5.41) is 3.58. The molecule has 0 amide bonds. The van der Waals surface area contributed by atoms with E-state index in [1.54, 1.807) is 6.07 Å². The van der Waals surface area contributed by atoms with E-state index in [0.29, 0.717) is 6.04 Å². The Hall–Kier alpha value is -1.67. The summed E-state index contributed by atoms with van der Waals surface area (Å²) >= 11 is 0. The highest BCUT2D eigenvalue weighted by Gasteiger charge is 2.10. The third-order valence-corrected chi connectivity index (χ3v) is 3.84. The Balaban J connectivity index is 2.32. The molecule has 0 spiro atoms. The van der Waals surface area contributed by atoms with Crippen LogP contribution in [-0.2, 0) is 0 Å². The maximum atomic E-state index is 13.3. The minimum absolute atomic E-state index is 0.177. The van der Waals surface area contributed by atoms with Crippen LogP contribution in [0.4, 0.5) is 4.39 Å². The van der Waals surface area contributed by atoms with Crippen LogP contribution in [0.15, 0.2) is 42.5 Å². The van der Waals surface area contributed by atoms with Crippen molar-refractivity contribution in [2.75, 3.05) is 6.54 Å². The number of aryl methyl sites for hydroxylation is 1. The molecule has 112 valence electrons. The molecular weight excluding hydrogens is 261 g/mol. The molecule has 0 saturated heterocycles. The number of benzene rings is 2. The molecule has 1 N–H and O–H groups in total. The molecule has 2 rings (SSSR count). The Kier molecular flexibility index (Phi) is 5.51. The second kappa shape index (κ2) is 7.37. The van der Waals surface area contributed by atoms with Crippen LogP contribution < -0.4 is 5.32 Å². The van der Waals surface area contributed by atoms with E-state index in [4.69, 9.17) is 0 Å². The maximum absolute atomic E-state index is 13.3. The first-order valence-electron chi connectivity index (χ1n) is 7.75. The van der Waals surface area contributed by atoms with Crippen molar-refractivity contribution in [3.63, 3.8) is 0 Å². The van der Waals surface area contributed by atoms with E-state index in [1.165, 1.54) is 11.6 Å². The Morgan fingerprint density at radius 1 is 1.10 bits per heavy atom. The number of nitrogens with one attached hydrogen (secondary N) is 1. The van der Waals surface area contributed by atoms with E-state index in [1.807, 2.05) is 13.0 Å². The molecule has 2 heteroatoms. The molecule has 0 aliphatic carbocycles. The van der Waals surface area contributed by atoms with Crippen molar-refractivity contribution in [1.82, 2.24) is 5.32 Å². The molecule has 1 atom stereocenters. The summed E-state index contributed by atoms with van der Waals surface area (Å²) in [6, 6.07) is 13.9. The number of rotatable bonds is 6. The van der Waals surface area contributed by atoms with Gasteiger partial charge in [-0.2, -0.15) is 0 Å².